The normalized spacial score (nSPS) is 10.9. The van der Waals surface area contributed by atoms with Crippen molar-refractivity contribution in [3.63, 3.8) is 0 Å². The van der Waals surface area contributed by atoms with Gasteiger partial charge in [-0.15, -0.1) is 0 Å². The number of rotatable bonds is 2. The molecule has 0 atom stereocenters. The van der Waals surface area contributed by atoms with Crippen LogP contribution < -0.4 is 5.73 Å². The average molecular weight is 97.1 g/mol. The minimum absolute atomic E-state index is 1.08. The molecule has 0 aliphatic heterocycles. The zero-order chi connectivity index (χ0) is 5.54. The fourth-order valence-electron chi connectivity index (χ4n) is 0.142. The van der Waals surface area contributed by atoms with Crippen LogP contribution in [0.1, 0.15) is 0 Å². The largest absolute Gasteiger partial charge is 0.403 e. The summed E-state index contributed by atoms with van der Waals surface area (Å²) in [6.07, 6.45) is 5.13. The first-order valence-electron chi connectivity index (χ1n) is 1.81. The number of hydrogen-bond donors (Lipinski definition) is 2. The summed E-state index contributed by atoms with van der Waals surface area (Å²) < 4.78 is 0. The van der Waals surface area contributed by atoms with Crippen molar-refractivity contribution in [2.24, 2.45) is 10.7 Å². The van der Waals surface area contributed by atoms with E-state index in [2.05, 4.69) is 4.99 Å². The second-order valence-electron chi connectivity index (χ2n) is 0.806. The lowest BCUT2D eigenvalue weighted by atomic mass is 10.8. The lowest BCUT2D eigenvalue weighted by Gasteiger charge is -1.66. The molecule has 0 bridgehead atoms. The van der Waals surface area contributed by atoms with Crippen LogP contribution in [0.2, 0.25) is 0 Å². The molecule has 38 valence electrons. The number of nitrogens with two attached hydrogens (primary N) is 1. The van der Waals surface area contributed by atoms with Crippen LogP contribution >= 0.6 is 0 Å². The van der Waals surface area contributed by atoms with E-state index in [-0.39, 0.29) is 0 Å². The van der Waals surface area contributed by atoms with E-state index in [4.69, 9.17) is 11.1 Å². The molecular formula is C4H7N3. The number of nitrogens with zero attached hydrogens (tertiary/aromatic N) is 1. The molecule has 0 aliphatic rings. The fourth-order valence-corrected chi connectivity index (χ4v) is 0.142. The van der Waals surface area contributed by atoms with E-state index in [0.29, 0.717) is 0 Å². The van der Waals surface area contributed by atoms with Crippen molar-refractivity contribution in [3.8, 4) is 0 Å². The first-order valence-corrected chi connectivity index (χ1v) is 1.81. The highest BCUT2D eigenvalue weighted by molar-refractivity contribution is 6.14. The lowest BCUT2D eigenvalue weighted by molar-refractivity contribution is 1.50. The Balaban J connectivity index is 3.27. The molecule has 0 amide bonds. The predicted molar refractivity (Wildman–Crippen MR) is 30.6 cm³/mol. The van der Waals surface area contributed by atoms with E-state index >= 15 is 0 Å². The SMILES string of the molecule is N=CC=N/C=C/N. The van der Waals surface area contributed by atoms with Gasteiger partial charge in [-0.1, -0.05) is 0 Å². The summed E-state index contributed by atoms with van der Waals surface area (Å²) in [7, 11) is 0. The Hall–Kier alpha value is -1.12. The van der Waals surface area contributed by atoms with Gasteiger partial charge in [0.25, 0.3) is 0 Å². The molecule has 0 fully saturated rings. The highest BCUT2D eigenvalue weighted by Crippen LogP contribution is 1.61. The van der Waals surface area contributed by atoms with E-state index in [0.717, 1.165) is 6.21 Å². The quantitative estimate of drug-likeness (QED) is 0.473. The minimum atomic E-state index is 1.08. The number of nitrogens with one attached hydrogen (secondary N) is 1. The summed E-state index contributed by atoms with van der Waals surface area (Å²) in [6, 6.07) is 0. The molecule has 3 N–H and O–H groups in total. The van der Waals surface area contributed by atoms with Gasteiger partial charge in [0.1, 0.15) is 0 Å². The van der Waals surface area contributed by atoms with Crippen LogP contribution in [0.15, 0.2) is 17.4 Å². The van der Waals surface area contributed by atoms with E-state index in [1.807, 2.05) is 0 Å². The maximum Gasteiger partial charge on any atom is 0.0444 e. The van der Waals surface area contributed by atoms with Crippen LogP contribution in [-0.2, 0) is 0 Å². The Morgan fingerprint density at radius 3 is 2.71 bits per heavy atom. The Bertz CT molecular complexity index is 93.1. The molecule has 0 radical (unpaired) electrons. The first kappa shape index (κ1) is 5.88. The molecule has 0 saturated carbocycles. The number of aliphatic imine (C=N–C) groups is 1. The Morgan fingerprint density at radius 2 is 2.29 bits per heavy atom. The van der Waals surface area contributed by atoms with E-state index < -0.39 is 0 Å². The summed E-state index contributed by atoms with van der Waals surface area (Å²) in [4.78, 5) is 3.53. The highest BCUT2D eigenvalue weighted by Gasteiger charge is 1.53. The molecule has 3 nitrogen and oxygen atoms in total. The summed E-state index contributed by atoms with van der Waals surface area (Å²) in [5.74, 6) is 0. The Kier molecular flexibility index (Phi) is 4.10. The number of hydrogen-bond acceptors (Lipinski definition) is 3. The maximum atomic E-state index is 6.43. The van der Waals surface area contributed by atoms with Gasteiger partial charge in [0.05, 0.1) is 0 Å². The summed E-state index contributed by atoms with van der Waals surface area (Å²) >= 11 is 0. The molecule has 0 heterocycles. The second kappa shape index (κ2) is 4.88. The molecule has 0 unspecified atom stereocenters. The van der Waals surface area contributed by atoms with Crippen molar-refractivity contribution in [3.05, 3.63) is 12.4 Å². The lowest BCUT2D eigenvalue weighted by Crippen LogP contribution is -1.74. The molecular weight excluding hydrogens is 90.1 g/mol. The smallest absolute Gasteiger partial charge is 0.0444 e. The Morgan fingerprint density at radius 1 is 1.57 bits per heavy atom. The summed E-state index contributed by atoms with van der Waals surface area (Å²) in [5, 5.41) is 6.43. The van der Waals surface area contributed by atoms with Gasteiger partial charge in [-0.3, -0.25) is 4.99 Å². The maximum absolute atomic E-state index is 6.43. The molecule has 7 heavy (non-hydrogen) atoms. The van der Waals surface area contributed by atoms with Gasteiger partial charge < -0.3 is 11.1 Å². The molecule has 0 aromatic rings. The molecule has 0 aromatic heterocycles. The monoisotopic (exact) mass is 97.1 g/mol. The third-order valence-electron chi connectivity index (χ3n) is 0.333. The van der Waals surface area contributed by atoms with Crippen molar-refractivity contribution in [1.82, 2.24) is 0 Å². The molecule has 0 spiro atoms. The highest BCUT2D eigenvalue weighted by atomic mass is 14.7. The van der Waals surface area contributed by atoms with Crippen molar-refractivity contribution in [2.75, 3.05) is 0 Å². The van der Waals surface area contributed by atoms with E-state index in [1.165, 1.54) is 18.6 Å². The van der Waals surface area contributed by atoms with Gasteiger partial charge in [-0.2, -0.15) is 0 Å². The van der Waals surface area contributed by atoms with Crippen LogP contribution in [0.4, 0.5) is 0 Å². The van der Waals surface area contributed by atoms with E-state index in [9.17, 15) is 0 Å². The van der Waals surface area contributed by atoms with Gasteiger partial charge >= 0.3 is 0 Å². The predicted octanol–water partition coefficient (Wildman–Crippen LogP) is 0.137. The summed E-state index contributed by atoms with van der Waals surface area (Å²) in [6.45, 7) is 0. The second-order valence-corrected chi connectivity index (χ2v) is 0.806. The molecule has 0 rings (SSSR count). The van der Waals surface area contributed by atoms with Gasteiger partial charge in [-0.25, -0.2) is 0 Å². The molecule has 0 aliphatic carbocycles. The van der Waals surface area contributed by atoms with Gasteiger partial charge in [0.15, 0.2) is 0 Å². The topological polar surface area (TPSA) is 62.2 Å². The summed E-state index contributed by atoms with van der Waals surface area (Å²) in [5.41, 5.74) is 4.90. The van der Waals surface area contributed by atoms with Crippen molar-refractivity contribution < 1.29 is 0 Å². The zero-order valence-electron chi connectivity index (χ0n) is 3.83. The molecule has 0 aromatic carbocycles. The zero-order valence-corrected chi connectivity index (χ0v) is 3.83. The molecule has 3 heteroatoms. The minimum Gasteiger partial charge on any atom is -0.403 e. The van der Waals surface area contributed by atoms with Crippen molar-refractivity contribution >= 4 is 12.4 Å². The van der Waals surface area contributed by atoms with Crippen LogP contribution in [0.3, 0.4) is 0 Å². The van der Waals surface area contributed by atoms with Crippen LogP contribution in [0, 0.1) is 5.41 Å². The Labute approximate surface area is 42.1 Å². The van der Waals surface area contributed by atoms with Crippen LogP contribution in [-0.4, -0.2) is 12.4 Å². The van der Waals surface area contributed by atoms with E-state index in [1.54, 1.807) is 0 Å². The van der Waals surface area contributed by atoms with Gasteiger partial charge in [-0.05, 0) is 0 Å². The third kappa shape index (κ3) is 4.88. The fraction of sp³-hybridized carbons (Fsp3) is 0. The third-order valence-corrected chi connectivity index (χ3v) is 0.333. The first-order chi connectivity index (χ1) is 3.41. The molecule has 0 saturated heterocycles. The standard InChI is InChI=1S/C4H7N3/c5-1-3-7-4-2-6/h1-5H,6H2/b4-2+,5-1?,7-3?. The average Bonchev–Trinajstić information content (AvgIpc) is 1.69. The van der Waals surface area contributed by atoms with Crippen LogP contribution in [0.5, 0.6) is 0 Å². The van der Waals surface area contributed by atoms with Crippen LogP contribution in [0.25, 0.3) is 0 Å². The van der Waals surface area contributed by atoms with Crippen molar-refractivity contribution in [2.45, 2.75) is 0 Å². The van der Waals surface area contributed by atoms with Gasteiger partial charge in [0.2, 0.25) is 0 Å². The van der Waals surface area contributed by atoms with Gasteiger partial charge in [0, 0.05) is 24.8 Å². The van der Waals surface area contributed by atoms with Crippen molar-refractivity contribution in [1.29, 1.82) is 5.41 Å².